The first-order valence-electron chi connectivity index (χ1n) is 4.79. The van der Waals surface area contributed by atoms with E-state index in [-0.39, 0.29) is 22.9 Å². The molecule has 0 saturated heterocycles. The van der Waals surface area contributed by atoms with E-state index in [0.29, 0.717) is 4.47 Å². The topological polar surface area (TPSA) is 26.0 Å². The zero-order chi connectivity index (χ0) is 13.3. The number of halogens is 5. The average Bonchev–Trinajstić information content (AvgIpc) is 2.75. The molecule has 96 valence electrons. The maximum atomic E-state index is 12.9. The van der Waals surface area contributed by atoms with Gasteiger partial charge in [-0.3, -0.25) is 0 Å². The van der Waals surface area contributed by atoms with Gasteiger partial charge in [-0.2, -0.15) is 13.2 Å². The smallest absolute Gasteiger partial charge is 0.417 e. The van der Waals surface area contributed by atoms with Crippen LogP contribution in [0, 0.1) is 0 Å². The van der Waals surface area contributed by atoms with Crippen molar-refractivity contribution in [2.24, 2.45) is 0 Å². The molecular weight excluding hydrogens is 334 g/mol. The van der Waals surface area contributed by atoms with E-state index >= 15 is 0 Å². The van der Waals surface area contributed by atoms with E-state index < -0.39 is 11.7 Å². The second-order valence-electron chi connectivity index (χ2n) is 3.45. The summed E-state index contributed by atoms with van der Waals surface area (Å²) in [4.78, 5) is 3.78. The van der Waals surface area contributed by atoms with Gasteiger partial charge in [0.05, 0.1) is 11.4 Å². The van der Waals surface area contributed by atoms with Crippen LogP contribution in [-0.2, 0) is 12.1 Å². The molecule has 0 fully saturated rings. The van der Waals surface area contributed by atoms with E-state index in [1.165, 1.54) is 12.1 Å². The molecule has 0 radical (unpaired) electrons. The van der Waals surface area contributed by atoms with E-state index in [4.69, 9.17) is 16.0 Å². The Hall–Kier alpha value is -1.01. The van der Waals surface area contributed by atoms with Crippen molar-refractivity contribution < 1.29 is 17.6 Å². The third-order valence-corrected chi connectivity index (χ3v) is 3.05. The highest BCUT2D eigenvalue weighted by atomic mass is 79.9. The van der Waals surface area contributed by atoms with Gasteiger partial charge in [0.15, 0.2) is 12.2 Å². The molecule has 2 nitrogen and oxygen atoms in total. The molecular formula is C11H6BrClF3NO. The summed E-state index contributed by atoms with van der Waals surface area (Å²) in [7, 11) is 0. The quantitative estimate of drug-likeness (QED) is 0.730. The van der Waals surface area contributed by atoms with Gasteiger partial charge >= 0.3 is 6.18 Å². The lowest BCUT2D eigenvalue weighted by Gasteiger charge is -2.12. The lowest BCUT2D eigenvalue weighted by molar-refractivity contribution is -0.137. The standard InChI is InChI=1S/C11H6BrClF3NO/c12-6-1-2-7(8(3-6)11(14,15)16)10-9(4-13)17-5-18-10/h1-3,5H,4H2. The van der Waals surface area contributed by atoms with Gasteiger partial charge in [-0.1, -0.05) is 15.9 Å². The van der Waals surface area contributed by atoms with Gasteiger partial charge in [-0.05, 0) is 18.2 Å². The summed E-state index contributed by atoms with van der Waals surface area (Å²) in [6.07, 6.45) is -3.40. The molecule has 0 aliphatic heterocycles. The van der Waals surface area contributed by atoms with Crippen LogP contribution in [0.15, 0.2) is 33.5 Å². The molecule has 0 atom stereocenters. The molecule has 0 aliphatic carbocycles. The number of hydrogen-bond acceptors (Lipinski definition) is 2. The number of aromatic nitrogens is 1. The fourth-order valence-corrected chi connectivity index (χ4v) is 2.08. The minimum absolute atomic E-state index is 0.0147. The predicted octanol–water partition coefficient (Wildman–Crippen LogP) is 4.86. The SMILES string of the molecule is FC(F)(F)c1cc(Br)ccc1-c1ocnc1CCl. The normalized spacial score (nSPS) is 11.8. The fraction of sp³-hybridized carbons (Fsp3) is 0.182. The minimum Gasteiger partial charge on any atom is -0.443 e. The molecule has 0 unspecified atom stereocenters. The summed E-state index contributed by atoms with van der Waals surface area (Å²) in [6, 6.07) is 3.82. The first-order valence-corrected chi connectivity index (χ1v) is 6.11. The van der Waals surface area contributed by atoms with Gasteiger partial charge in [0.2, 0.25) is 0 Å². The third kappa shape index (κ3) is 2.54. The lowest BCUT2D eigenvalue weighted by atomic mass is 10.0. The van der Waals surface area contributed by atoms with E-state index in [9.17, 15) is 13.2 Å². The minimum atomic E-state index is -4.48. The summed E-state index contributed by atoms with van der Waals surface area (Å²) >= 11 is 8.62. The summed E-state index contributed by atoms with van der Waals surface area (Å²) < 4.78 is 44.2. The predicted molar refractivity (Wildman–Crippen MR) is 64.2 cm³/mol. The maximum absolute atomic E-state index is 12.9. The second-order valence-corrected chi connectivity index (χ2v) is 4.63. The Balaban J connectivity index is 2.65. The van der Waals surface area contributed by atoms with Crippen molar-refractivity contribution in [3.05, 3.63) is 40.3 Å². The van der Waals surface area contributed by atoms with Crippen molar-refractivity contribution >= 4 is 27.5 Å². The monoisotopic (exact) mass is 339 g/mol. The fourth-order valence-electron chi connectivity index (χ4n) is 1.53. The molecule has 0 aliphatic rings. The average molecular weight is 341 g/mol. The van der Waals surface area contributed by atoms with E-state index in [1.807, 2.05) is 0 Å². The molecule has 0 bridgehead atoms. The van der Waals surface area contributed by atoms with Crippen LogP contribution in [0.4, 0.5) is 13.2 Å². The van der Waals surface area contributed by atoms with Gasteiger partial charge in [0.1, 0.15) is 5.69 Å². The highest BCUT2D eigenvalue weighted by molar-refractivity contribution is 9.10. The summed E-state index contributed by atoms with van der Waals surface area (Å²) in [5, 5.41) is 0. The molecule has 7 heteroatoms. The molecule has 2 rings (SSSR count). The molecule has 0 spiro atoms. The summed E-state index contributed by atoms with van der Waals surface area (Å²) in [5.74, 6) is 0.0314. The van der Waals surface area contributed by atoms with Gasteiger partial charge in [-0.25, -0.2) is 4.98 Å². The van der Waals surface area contributed by atoms with E-state index in [2.05, 4.69) is 20.9 Å². The highest BCUT2D eigenvalue weighted by Crippen LogP contribution is 2.39. The molecule has 1 aromatic carbocycles. The number of nitrogens with zero attached hydrogens (tertiary/aromatic N) is 1. The number of rotatable bonds is 2. The van der Waals surface area contributed by atoms with E-state index in [1.54, 1.807) is 0 Å². The van der Waals surface area contributed by atoms with Crippen LogP contribution in [0.25, 0.3) is 11.3 Å². The Bertz CT molecular complexity index is 568. The number of alkyl halides is 4. The van der Waals surface area contributed by atoms with Crippen LogP contribution in [0.1, 0.15) is 11.3 Å². The zero-order valence-electron chi connectivity index (χ0n) is 8.76. The van der Waals surface area contributed by atoms with Crippen molar-refractivity contribution in [3.63, 3.8) is 0 Å². The van der Waals surface area contributed by atoms with Crippen molar-refractivity contribution in [3.8, 4) is 11.3 Å². The Kier molecular flexibility index (Phi) is 3.68. The number of hydrogen-bond donors (Lipinski definition) is 0. The van der Waals surface area contributed by atoms with E-state index in [0.717, 1.165) is 12.5 Å². The van der Waals surface area contributed by atoms with Gasteiger partial charge < -0.3 is 4.42 Å². The molecule has 0 amide bonds. The molecule has 18 heavy (non-hydrogen) atoms. The van der Waals surface area contributed by atoms with Crippen molar-refractivity contribution in [2.45, 2.75) is 12.1 Å². The van der Waals surface area contributed by atoms with Gasteiger partial charge in [0.25, 0.3) is 0 Å². The molecule has 1 aromatic heterocycles. The van der Waals surface area contributed by atoms with Crippen molar-refractivity contribution in [2.75, 3.05) is 0 Å². The van der Waals surface area contributed by atoms with Crippen LogP contribution < -0.4 is 0 Å². The van der Waals surface area contributed by atoms with Crippen molar-refractivity contribution in [1.82, 2.24) is 4.98 Å². The van der Waals surface area contributed by atoms with Crippen LogP contribution >= 0.6 is 27.5 Å². The summed E-state index contributed by atoms with van der Waals surface area (Å²) in [6.45, 7) is 0. The van der Waals surface area contributed by atoms with Crippen LogP contribution in [-0.4, -0.2) is 4.98 Å². The molecule has 0 N–H and O–H groups in total. The molecule has 0 saturated carbocycles. The maximum Gasteiger partial charge on any atom is 0.417 e. The third-order valence-electron chi connectivity index (χ3n) is 2.30. The van der Waals surface area contributed by atoms with Crippen LogP contribution in [0.2, 0.25) is 0 Å². The lowest BCUT2D eigenvalue weighted by Crippen LogP contribution is -2.07. The van der Waals surface area contributed by atoms with Gasteiger partial charge in [-0.15, -0.1) is 11.6 Å². The number of benzene rings is 1. The first kappa shape index (κ1) is 13.4. The second kappa shape index (κ2) is 4.93. The highest BCUT2D eigenvalue weighted by Gasteiger charge is 2.35. The van der Waals surface area contributed by atoms with Crippen LogP contribution in [0.5, 0.6) is 0 Å². The molecule has 1 heterocycles. The largest absolute Gasteiger partial charge is 0.443 e. The number of oxazole rings is 1. The van der Waals surface area contributed by atoms with Crippen molar-refractivity contribution in [1.29, 1.82) is 0 Å². The zero-order valence-corrected chi connectivity index (χ0v) is 11.1. The Labute approximate surface area is 114 Å². The Morgan fingerprint density at radius 1 is 1.33 bits per heavy atom. The van der Waals surface area contributed by atoms with Gasteiger partial charge in [0, 0.05) is 10.0 Å². The first-order chi connectivity index (χ1) is 8.43. The summed E-state index contributed by atoms with van der Waals surface area (Å²) in [5.41, 5.74) is -0.580. The Morgan fingerprint density at radius 2 is 2.06 bits per heavy atom. The Morgan fingerprint density at radius 3 is 2.67 bits per heavy atom. The van der Waals surface area contributed by atoms with Crippen LogP contribution in [0.3, 0.4) is 0 Å². The molecule has 2 aromatic rings.